The zero-order chi connectivity index (χ0) is 14.4. The van der Waals surface area contributed by atoms with E-state index in [2.05, 4.69) is 0 Å². The second kappa shape index (κ2) is 7.13. The highest BCUT2D eigenvalue weighted by Gasteiger charge is 2.11. The average Bonchev–Trinajstić information content (AvgIpc) is 2.38. The van der Waals surface area contributed by atoms with Crippen molar-refractivity contribution in [1.29, 1.82) is 0 Å². The minimum Gasteiger partial charge on any atom is -0.497 e. The van der Waals surface area contributed by atoms with Gasteiger partial charge in [0.15, 0.2) is 0 Å². The molecular formula is C13H20N2O3S. The van der Waals surface area contributed by atoms with E-state index in [0.717, 1.165) is 0 Å². The number of nitrogens with two attached hydrogens (primary N) is 1. The molecule has 0 fully saturated rings. The Morgan fingerprint density at radius 3 is 2.68 bits per heavy atom. The summed E-state index contributed by atoms with van der Waals surface area (Å²) in [4.78, 5) is 13.5. The van der Waals surface area contributed by atoms with Crippen molar-refractivity contribution in [2.45, 2.75) is 17.7 Å². The number of nitrogens with zero attached hydrogens (tertiary/aromatic N) is 1. The Morgan fingerprint density at radius 1 is 1.42 bits per heavy atom. The molecule has 6 heteroatoms. The smallest absolute Gasteiger partial charge is 0.222 e. The van der Waals surface area contributed by atoms with Crippen LogP contribution in [0.4, 0.5) is 5.69 Å². The molecule has 0 aromatic heterocycles. The summed E-state index contributed by atoms with van der Waals surface area (Å²) in [5, 5.41) is 0. The lowest BCUT2D eigenvalue weighted by Gasteiger charge is -2.10. The summed E-state index contributed by atoms with van der Waals surface area (Å²) < 4.78 is 17.2. The van der Waals surface area contributed by atoms with Crippen molar-refractivity contribution in [2.24, 2.45) is 0 Å². The summed E-state index contributed by atoms with van der Waals surface area (Å²) in [5.74, 6) is 1.08. The molecule has 0 heterocycles. The monoisotopic (exact) mass is 284 g/mol. The Balaban J connectivity index is 2.61. The fourth-order valence-corrected chi connectivity index (χ4v) is 2.73. The van der Waals surface area contributed by atoms with Crippen LogP contribution >= 0.6 is 0 Å². The van der Waals surface area contributed by atoms with Gasteiger partial charge in [0.1, 0.15) is 5.75 Å². The number of nitrogen functional groups attached to an aromatic ring is 1. The second-order valence-corrected chi connectivity index (χ2v) is 5.88. The second-order valence-electron chi connectivity index (χ2n) is 4.35. The maximum absolute atomic E-state index is 12.1. The van der Waals surface area contributed by atoms with Gasteiger partial charge in [0.2, 0.25) is 5.91 Å². The number of hydrogen-bond acceptors (Lipinski definition) is 4. The van der Waals surface area contributed by atoms with Gasteiger partial charge in [0.25, 0.3) is 0 Å². The van der Waals surface area contributed by atoms with Crippen LogP contribution in [-0.2, 0) is 15.6 Å². The Labute approximate surface area is 116 Å². The minimum atomic E-state index is -1.21. The van der Waals surface area contributed by atoms with Gasteiger partial charge in [-0.1, -0.05) is 0 Å². The molecule has 0 aliphatic carbocycles. The molecule has 0 aliphatic heterocycles. The van der Waals surface area contributed by atoms with E-state index in [1.165, 1.54) is 4.90 Å². The average molecular weight is 284 g/mol. The first kappa shape index (κ1) is 15.5. The molecule has 106 valence electrons. The molecule has 0 aliphatic rings. The van der Waals surface area contributed by atoms with Crippen molar-refractivity contribution in [1.82, 2.24) is 4.90 Å². The maximum atomic E-state index is 12.1. The van der Waals surface area contributed by atoms with Crippen LogP contribution in [0.25, 0.3) is 0 Å². The quantitative estimate of drug-likeness (QED) is 0.798. The lowest BCUT2D eigenvalue weighted by atomic mass is 10.3. The van der Waals surface area contributed by atoms with Gasteiger partial charge < -0.3 is 15.4 Å². The molecule has 1 atom stereocenters. The van der Waals surface area contributed by atoms with Gasteiger partial charge in [-0.3, -0.25) is 9.00 Å². The third-order valence-electron chi connectivity index (χ3n) is 2.69. The van der Waals surface area contributed by atoms with Crippen LogP contribution < -0.4 is 10.5 Å². The number of methoxy groups -OCH3 is 1. The van der Waals surface area contributed by atoms with E-state index in [-0.39, 0.29) is 5.91 Å². The molecule has 19 heavy (non-hydrogen) atoms. The van der Waals surface area contributed by atoms with Crippen molar-refractivity contribution >= 4 is 22.4 Å². The van der Waals surface area contributed by atoms with Gasteiger partial charge in [-0.05, 0) is 24.6 Å². The normalized spacial score (nSPS) is 11.9. The summed E-state index contributed by atoms with van der Waals surface area (Å²) in [6, 6.07) is 5.09. The zero-order valence-electron chi connectivity index (χ0n) is 11.5. The van der Waals surface area contributed by atoms with Crippen LogP contribution in [-0.4, -0.2) is 42.0 Å². The molecule has 0 spiro atoms. The fraction of sp³-hybridized carbons (Fsp3) is 0.462. The molecule has 0 radical (unpaired) electrons. The first-order valence-corrected chi connectivity index (χ1v) is 7.29. The minimum absolute atomic E-state index is 0.0376. The third kappa shape index (κ3) is 4.55. The molecule has 0 saturated heterocycles. The number of benzene rings is 1. The summed E-state index contributed by atoms with van der Waals surface area (Å²) >= 11 is 0. The lowest BCUT2D eigenvalue weighted by molar-refractivity contribution is -0.128. The highest BCUT2D eigenvalue weighted by atomic mass is 32.2. The standard InChI is InChI=1S/C13H20N2O3S/c1-15(2)13(16)5-4-8-19(17)12-9-10(18-3)6-7-11(12)14/h6-7,9H,4-5,8,14H2,1-3H3. The molecule has 0 bridgehead atoms. The topological polar surface area (TPSA) is 72.6 Å². The largest absolute Gasteiger partial charge is 0.497 e. The Morgan fingerprint density at radius 2 is 2.11 bits per heavy atom. The molecule has 2 N–H and O–H groups in total. The van der Waals surface area contributed by atoms with Gasteiger partial charge >= 0.3 is 0 Å². The van der Waals surface area contributed by atoms with Gasteiger partial charge in [-0.25, -0.2) is 0 Å². The number of carbonyl (C=O) groups excluding carboxylic acids is 1. The van der Waals surface area contributed by atoms with Crippen molar-refractivity contribution in [3.05, 3.63) is 18.2 Å². The van der Waals surface area contributed by atoms with Crippen LogP contribution in [0.2, 0.25) is 0 Å². The summed E-state index contributed by atoms with van der Waals surface area (Å²) in [5.41, 5.74) is 6.29. The maximum Gasteiger partial charge on any atom is 0.222 e. The summed E-state index contributed by atoms with van der Waals surface area (Å²) in [6.45, 7) is 0. The van der Waals surface area contributed by atoms with Gasteiger partial charge in [-0.2, -0.15) is 0 Å². The zero-order valence-corrected chi connectivity index (χ0v) is 12.3. The predicted molar refractivity (Wildman–Crippen MR) is 76.6 cm³/mol. The first-order valence-electron chi connectivity index (χ1n) is 5.97. The van der Waals surface area contributed by atoms with Gasteiger partial charge in [-0.15, -0.1) is 0 Å². The Hall–Kier alpha value is -1.56. The van der Waals surface area contributed by atoms with Crippen LogP contribution in [0.1, 0.15) is 12.8 Å². The predicted octanol–water partition coefficient (Wildman–Crippen LogP) is 1.25. The van der Waals surface area contributed by atoms with E-state index in [4.69, 9.17) is 10.5 Å². The summed E-state index contributed by atoms with van der Waals surface area (Å²) in [6.07, 6.45) is 0.961. The first-order chi connectivity index (χ1) is 8.95. The molecule has 5 nitrogen and oxygen atoms in total. The Bertz CT molecular complexity index is 475. The highest BCUT2D eigenvalue weighted by molar-refractivity contribution is 7.85. The van der Waals surface area contributed by atoms with Crippen molar-refractivity contribution < 1.29 is 13.7 Å². The van der Waals surface area contributed by atoms with E-state index < -0.39 is 10.8 Å². The van der Waals surface area contributed by atoms with Crippen molar-refractivity contribution in [2.75, 3.05) is 32.7 Å². The van der Waals surface area contributed by atoms with Crippen molar-refractivity contribution in [3.63, 3.8) is 0 Å². The SMILES string of the molecule is COc1ccc(N)c(S(=O)CCCC(=O)N(C)C)c1. The van der Waals surface area contributed by atoms with E-state index in [1.807, 2.05) is 0 Å². The summed E-state index contributed by atoms with van der Waals surface area (Å²) in [7, 11) is 3.75. The lowest BCUT2D eigenvalue weighted by Crippen LogP contribution is -2.21. The van der Waals surface area contributed by atoms with Crippen LogP contribution in [0.5, 0.6) is 5.75 Å². The van der Waals surface area contributed by atoms with Crippen molar-refractivity contribution in [3.8, 4) is 5.75 Å². The third-order valence-corrected chi connectivity index (χ3v) is 4.19. The molecule has 1 rings (SSSR count). The van der Waals surface area contributed by atoms with Gasteiger partial charge in [0.05, 0.1) is 22.8 Å². The van der Waals surface area contributed by atoms with Crippen LogP contribution in [0.3, 0.4) is 0 Å². The molecular weight excluding hydrogens is 264 g/mol. The fourth-order valence-electron chi connectivity index (χ4n) is 1.53. The van der Waals surface area contributed by atoms with Crippen LogP contribution in [0, 0.1) is 0 Å². The number of ether oxygens (including phenoxy) is 1. The van der Waals surface area contributed by atoms with E-state index in [1.54, 1.807) is 39.4 Å². The molecule has 1 amide bonds. The molecule has 1 aromatic rings. The van der Waals surface area contributed by atoms with E-state index >= 15 is 0 Å². The Kier molecular flexibility index (Phi) is 5.82. The van der Waals surface area contributed by atoms with Gasteiger partial charge in [0, 0.05) is 32.0 Å². The number of carbonyl (C=O) groups is 1. The van der Waals surface area contributed by atoms with E-state index in [9.17, 15) is 9.00 Å². The number of rotatable bonds is 6. The number of hydrogen-bond donors (Lipinski definition) is 1. The highest BCUT2D eigenvalue weighted by Crippen LogP contribution is 2.23. The van der Waals surface area contributed by atoms with E-state index in [0.29, 0.717) is 34.9 Å². The number of anilines is 1. The molecule has 0 saturated carbocycles. The van der Waals surface area contributed by atoms with Crippen LogP contribution in [0.15, 0.2) is 23.1 Å². The molecule has 1 unspecified atom stereocenters. The number of amides is 1. The molecule has 1 aromatic carbocycles.